The summed E-state index contributed by atoms with van der Waals surface area (Å²) < 4.78 is 7.41. The lowest BCUT2D eigenvalue weighted by molar-refractivity contribution is -0.384. The Morgan fingerprint density at radius 1 is 1.13 bits per heavy atom. The molecule has 1 N–H and O–H groups in total. The number of benzene rings is 3. The SMILES string of the molecule is CCOc1ccc(-n2c(SCC(=O)NN=C(C)c3cccc([N+](=O)[O-])c3)nnc2-c2ccc(Cl)cc2)cc1. The van der Waals surface area contributed by atoms with E-state index in [4.69, 9.17) is 16.3 Å². The second kappa shape index (κ2) is 12.3. The minimum absolute atomic E-state index is 0.0154. The number of rotatable bonds is 10. The van der Waals surface area contributed by atoms with Gasteiger partial charge in [0.05, 0.1) is 23.0 Å². The van der Waals surface area contributed by atoms with Crippen LogP contribution in [0.1, 0.15) is 19.4 Å². The first kappa shape index (κ1) is 26.8. The molecule has 0 aliphatic heterocycles. The summed E-state index contributed by atoms with van der Waals surface area (Å²) >= 11 is 7.26. The number of non-ortho nitro benzene ring substituents is 1. The van der Waals surface area contributed by atoms with E-state index in [1.807, 2.05) is 47.9 Å². The highest BCUT2D eigenvalue weighted by atomic mass is 35.5. The summed E-state index contributed by atoms with van der Waals surface area (Å²) in [6.45, 7) is 4.14. The Kier molecular flexibility index (Phi) is 8.72. The second-order valence-corrected chi connectivity index (χ2v) is 9.28. The van der Waals surface area contributed by atoms with Gasteiger partial charge in [0, 0.05) is 34.0 Å². The first-order chi connectivity index (χ1) is 18.4. The van der Waals surface area contributed by atoms with Crippen molar-refractivity contribution in [3.8, 4) is 22.8 Å². The average molecular weight is 551 g/mol. The van der Waals surface area contributed by atoms with E-state index in [9.17, 15) is 14.9 Å². The third-order valence-corrected chi connectivity index (χ3v) is 6.48. The van der Waals surface area contributed by atoms with Gasteiger partial charge in [0.1, 0.15) is 5.75 Å². The van der Waals surface area contributed by atoms with Gasteiger partial charge < -0.3 is 4.74 Å². The van der Waals surface area contributed by atoms with E-state index in [1.54, 1.807) is 31.2 Å². The highest BCUT2D eigenvalue weighted by molar-refractivity contribution is 7.99. The zero-order valence-electron chi connectivity index (χ0n) is 20.5. The monoisotopic (exact) mass is 550 g/mol. The summed E-state index contributed by atoms with van der Waals surface area (Å²) in [5.74, 6) is 0.979. The van der Waals surface area contributed by atoms with Crippen LogP contribution in [0.5, 0.6) is 5.75 Å². The number of ether oxygens (including phenoxy) is 1. The normalized spacial score (nSPS) is 11.3. The van der Waals surface area contributed by atoms with Crippen LogP contribution in [-0.4, -0.2) is 43.7 Å². The van der Waals surface area contributed by atoms with Gasteiger partial charge in [0.15, 0.2) is 11.0 Å². The number of aromatic nitrogens is 3. The van der Waals surface area contributed by atoms with Crippen LogP contribution in [0.25, 0.3) is 17.1 Å². The summed E-state index contributed by atoms with van der Waals surface area (Å²) in [5, 5.41) is 24.9. The van der Waals surface area contributed by atoms with Crippen molar-refractivity contribution in [1.29, 1.82) is 0 Å². The second-order valence-electron chi connectivity index (χ2n) is 7.90. The van der Waals surface area contributed by atoms with Crippen LogP contribution in [0.2, 0.25) is 5.02 Å². The van der Waals surface area contributed by atoms with Crippen molar-refractivity contribution >= 4 is 40.7 Å². The van der Waals surface area contributed by atoms with Gasteiger partial charge in [0.25, 0.3) is 11.6 Å². The number of carbonyl (C=O) groups is 1. The topological polar surface area (TPSA) is 125 Å². The standard InChI is InChI=1S/C26H23ClN6O4S/c1-3-37-23-13-11-21(12-14-23)32-25(18-7-9-20(27)10-8-18)30-31-26(32)38-16-24(34)29-28-17(2)19-5-4-6-22(15-19)33(35)36/h4-15H,3,16H2,1-2H3,(H,29,34). The van der Waals surface area contributed by atoms with Crippen molar-refractivity contribution in [3.05, 3.63) is 93.5 Å². The van der Waals surface area contributed by atoms with E-state index in [-0.39, 0.29) is 17.3 Å². The molecule has 0 fully saturated rings. The predicted octanol–water partition coefficient (Wildman–Crippen LogP) is 5.53. The Balaban J connectivity index is 1.53. The smallest absolute Gasteiger partial charge is 0.270 e. The number of hydrazone groups is 1. The molecule has 38 heavy (non-hydrogen) atoms. The summed E-state index contributed by atoms with van der Waals surface area (Å²) in [4.78, 5) is 23.1. The lowest BCUT2D eigenvalue weighted by Crippen LogP contribution is -2.21. The molecule has 0 saturated carbocycles. The molecular weight excluding hydrogens is 528 g/mol. The fourth-order valence-electron chi connectivity index (χ4n) is 3.46. The Morgan fingerprint density at radius 2 is 1.87 bits per heavy atom. The van der Waals surface area contributed by atoms with Crippen LogP contribution < -0.4 is 10.2 Å². The van der Waals surface area contributed by atoms with E-state index < -0.39 is 4.92 Å². The number of nitro benzene ring substituents is 1. The van der Waals surface area contributed by atoms with Crippen molar-refractivity contribution in [2.45, 2.75) is 19.0 Å². The molecule has 0 unspecified atom stereocenters. The lowest BCUT2D eigenvalue weighted by Gasteiger charge is -2.11. The largest absolute Gasteiger partial charge is 0.494 e. The zero-order chi connectivity index (χ0) is 27.1. The van der Waals surface area contributed by atoms with Crippen LogP contribution in [0, 0.1) is 10.1 Å². The van der Waals surface area contributed by atoms with Gasteiger partial charge in [-0.05, 0) is 62.4 Å². The summed E-state index contributed by atoms with van der Waals surface area (Å²) in [6, 6.07) is 20.8. The van der Waals surface area contributed by atoms with Gasteiger partial charge in [-0.25, -0.2) is 5.43 Å². The van der Waals surface area contributed by atoms with E-state index in [0.717, 1.165) is 17.0 Å². The molecule has 4 aromatic rings. The minimum atomic E-state index is -0.481. The zero-order valence-corrected chi connectivity index (χ0v) is 22.1. The van der Waals surface area contributed by atoms with Crippen molar-refractivity contribution in [3.63, 3.8) is 0 Å². The van der Waals surface area contributed by atoms with Gasteiger partial charge in [-0.15, -0.1) is 10.2 Å². The van der Waals surface area contributed by atoms with Gasteiger partial charge in [-0.1, -0.05) is 35.5 Å². The van der Waals surface area contributed by atoms with Crippen LogP contribution in [0.3, 0.4) is 0 Å². The number of thioether (sulfide) groups is 1. The number of nitrogens with one attached hydrogen (secondary N) is 1. The first-order valence-electron chi connectivity index (χ1n) is 11.5. The number of nitro groups is 1. The first-order valence-corrected chi connectivity index (χ1v) is 12.9. The molecule has 0 radical (unpaired) electrons. The van der Waals surface area contributed by atoms with Crippen LogP contribution in [0.15, 0.2) is 83.1 Å². The summed E-state index contributed by atoms with van der Waals surface area (Å²) in [5.41, 5.74) is 5.03. The van der Waals surface area contributed by atoms with E-state index >= 15 is 0 Å². The van der Waals surface area contributed by atoms with Gasteiger partial charge in [-0.2, -0.15) is 5.10 Å². The molecule has 1 amide bonds. The van der Waals surface area contributed by atoms with Crippen molar-refractivity contribution in [2.75, 3.05) is 12.4 Å². The molecule has 1 heterocycles. The molecule has 4 rings (SSSR count). The van der Waals surface area contributed by atoms with Crippen LogP contribution in [0.4, 0.5) is 5.69 Å². The molecule has 0 aliphatic rings. The van der Waals surface area contributed by atoms with Crippen molar-refractivity contribution in [2.24, 2.45) is 5.10 Å². The lowest BCUT2D eigenvalue weighted by atomic mass is 10.1. The molecule has 10 nitrogen and oxygen atoms in total. The average Bonchev–Trinajstić information content (AvgIpc) is 3.35. The molecule has 3 aromatic carbocycles. The Labute approximate surface area is 227 Å². The van der Waals surface area contributed by atoms with Crippen molar-refractivity contribution in [1.82, 2.24) is 20.2 Å². The van der Waals surface area contributed by atoms with E-state index in [1.165, 1.54) is 23.9 Å². The molecule has 194 valence electrons. The van der Waals surface area contributed by atoms with Crippen molar-refractivity contribution < 1.29 is 14.5 Å². The quantitative estimate of drug-likeness (QED) is 0.119. The summed E-state index contributed by atoms with van der Waals surface area (Å²) in [6.07, 6.45) is 0. The molecule has 0 spiro atoms. The Morgan fingerprint density at radius 3 is 2.55 bits per heavy atom. The van der Waals surface area contributed by atoms with E-state index in [0.29, 0.717) is 33.9 Å². The fraction of sp³-hybridized carbons (Fsp3) is 0.154. The maximum Gasteiger partial charge on any atom is 0.270 e. The third-order valence-electron chi connectivity index (χ3n) is 5.30. The van der Waals surface area contributed by atoms with Crippen LogP contribution in [-0.2, 0) is 4.79 Å². The van der Waals surface area contributed by atoms with Gasteiger partial charge >= 0.3 is 0 Å². The molecular formula is C26H23ClN6O4S. The number of hydrogen-bond donors (Lipinski definition) is 1. The number of nitrogens with zero attached hydrogens (tertiary/aromatic N) is 5. The highest BCUT2D eigenvalue weighted by Crippen LogP contribution is 2.29. The minimum Gasteiger partial charge on any atom is -0.494 e. The number of halogens is 1. The molecule has 0 aliphatic carbocycles. The van der Waals surface area contributed by atoms with Crippen LogP contribution >= 0.6 is 23.4 Å². The third kappa shape index (κ3) is 6.55. The van der Waals surface area contributed by atoms with Gasteiger partial charge in [0.2, 0.25) is 0 Å². The predicted molar refractivity (Wildman–Crippen MR) is 147 cm³/mol. The Bertz CT molecular complexity index is 1470. The van der Waals surface area contributed by atoms with E-state index in [2.05, 4.69) is 20.7 Å². The maximum atomic E-state index is 12.6. The maximum absolute atomic E-state index is 12.6. The molecule has 1 aromatic heterocycles. The highest BCUT2D eigenvalue weighted by Gasteiger charge is 2.18. The fourth-order valence-corrected chi connectivity index (χ4v) is 4.33. The molecule has 12 heteroatoms. The number of hydrogen-bond acceptors (Lipinski definition) is 8. The molecule has 0 atom stereocenters. The van der Waals surface area contributed by atoms with Gasteiger partial charge in [-0.3, -0.25) is 19.5 Å². The number of amides is 1. The summed E-state index contributed by atoms with van der Waals surface area (Å²) in [7, 11) is 0. The number of carbonyl (C=O) groups excluding carboxylic acids is 1. The Hall–Kier alpha value is -4.22. The molecule has 0 saturated heterocycles. The molecule has 0 bridgehead atoms.